The highest BCUT2D eigenvalue weighted by Gasteiger charge is 2.12. The summed E-state index contributed by atoms with van der Waals surface area (Å²) in [6, 6.07) is 7.65. The topological polar surface area (TPSA) is 56.0 Å². The Hall–Kier alpha value is -1.97. The van der Waals surface area contributed by atoms with Gasteiger partial charge in [0.15, 0.2) is 0 Å². The molecule has 76 valence electrons. The standard InChI is InChI=1S/C11H10N2O2/c1-7-5-3-4-6-9(7)11-12-10(8(2)14)13-15-11/h3-6H,1-2H3. The second kappa shape index (κ2) is 3.65. The van der Waals surface area contributed by atoms with Gasteiger partial charge in [0.2, 0.25) is 11.6 Å². The molecule has 0 aliphatic carbocycles. The van der Waals surface area contributed by atoms with E-state index < -0.39 is 0 Å². The van der Waals surface area contributed by atoms with Crippen molar-refractivity contribution in [2.45, 2.75) is 13.8 Å². The summed E-state index contributed by atoms with van der Waals surface area (Å²) in [5.74, 6) is 0.310. The minimum atomic E-state index is -0.196. The van der Waals surface area contributed by atoms with E-state index in [0.29, 0.717) is 5.89 Å². The molecule has 0 aliphatic rings. The van der Waals surface area contributed by atoms with Crippen molar-refractivity contribution in [3.8, 4) is 11.5 Å². The molecular weight excluding hydrogens is 192 g/mol. The van der Waals surface area contributed by atoms with E-state index in [2.05, 4.69) is 10.1 Å². The summed E-state index contributed by atoms with van der Waals surface area (Å²) in [5, 5.41) is 3.60. The fourth-order valence-corrected chi connectivity index (χ4v) is 1.29. The zero-order valence-electron chi connectivity index (χ0n) is 8.52. The van der Waals surface area contributed by atoms with Crippen LogP contribution in [0.3, 0.4) is 0 Å². The van der Waals surface area contributed by atoms with Gasteiger partial charge in [-0.25, -0.2) is 0 Å². The predicted molar refractivity (Wildman–Crippen MR) is 54.5 cm³/mol. The van der Waals surface area contributed by atoms with Crippen molar-refractivity contribution in [1.29, 1.82) is 0 Å². The van der Waals surface area contributed by atoms with E-state index in [-0.39, 0.29) is 11.6 Å². The number of benzene rings is 1. The van der Waals surface area contributed by atoms with Crippen LogP contribution in [0.15, 0.2) is 28.8 Å². The molecule has 4 heteroatoms. The number of carbonyl (C=O) groups excluding carboxylic acids is 1. The van der Waals surface area contributed by atoms with Gasteiger partial charge in [-0.15, -0.1) is 0 Å². The van der Waals surface area contributed by atoms with Crippen LogP contribution in [0, 0.1) is 6.92 Å². The van der Waals surface area contributed by atoms with Crippen molar-refractivity contribution in [3.05, 3.63) is 35.7 Å². The maximum Gasteiger partial charge on any atom is 0.258 e. The highest BCUT2D eigenvalue weighted by molar-refractivity contribution is 5.90. The zero-order chi connectivity index (χ0) is 10.8. The number of hydrogen-bond acceptors (Lipinski definition) is 4. The van der Waals surface area contributed by atoms with Gasteiger partial charge >= 0.3 is 0 Å². The molecule has 0 unspecified atom stereocenters. The molecule has 0 radical (unpaired) electrons. The molecule has 2 aromatic rings. The fourth-order valence-electron chi connectivity index (χ4n) is 1.29. The van der Waals surface area contributed by atoms with Gasteiger partial charge in [-0.3, -0.25) is 4.79 Å². The van der Waals surface area contributed by atoms with Crippen LogP contribution >= 0.6 is 0 Å². The third-order valence-corrected chi connectivity index (χ3v) is 2.12. The Balaban J connectivity index is 2.46. The normalized spacial score (nSPS) is 10.3. The molecule has 1 aromatic heterocycles. The Morgan fingerprint density at radius 3 is 2.67 bits per heavy atom. The molecule has 0 saturated carbocycles. The van der Waals surface area contributed by atoms with E-state index in [4.69, 9.17) is 4.52 Å². The molecule has 4 nitrogen and oxygen atoms in total. The van der Waals surface area contributed by atoms with Crippen LogP contribution in [-0.4, -0.2) is 15.9 Å². The van der Waals surface area contributed by atoms with Crippen molar-refractivity contribution in [2.75, 3.05) is 0 Å². The van der Waals surface area contributed by atoms with Gasteiger partial charge in [-0.1, -0.05) is 23.4 Å². The van der Waals surface area contributed by atoms with Crippen molar-refractivity contribution in [2.24, 2.45) is 0 Å². The number of rotatable bonds is 2. The highest BCUT2D eigenvalue weighted by atomic mass is 16.5. The van der Waals surface area contributed by atoms with Gasteiger partial charge < -0.3 is 4.52 Å². The second-order valence-corrected chi connectivity index (χ2v) is 3.29. The first kappa shape index (κ1) is 9.58. The van der Waals surface area contributed by atoms with E-state index in [0.717, 1.165) is 11.1 Å². The van der Waals surface area contributed by atoms with Crippen LogP contribution in [0.4, 0.5) is 0 Å². The van der Waals surface area contributed by atoms with E-state index in [9.17, 15) is 4.79 Å². The molecule has 15 heavy (non-hydrogen) atoms. The molecule has 0 bridgehead atoms. The quantitative estimate of drug-likeness (QED) is 0.701. The van der Waals surface area contributed by atoms with Crippen molar-refractivity contribution >= 4 is 5.78 Å². The van der Waals surface area contributed by atoms with Crippen molar-refractivity contribution in [3.63, 3.8) is 0 Å². The molecular formula is C11H10N2O2. The summed E-state index contributed by atoms with van der Waals surface area (Å²) in [6.07, 6.45) is 0. The lowest BCUT2D eigenvalue weighted by Crippen LogP contribution is -1.94. The fraction of sp³-hybridized carbons (Fsp3) is 0.182. The maximum atomic E-state index is 11.0. The lowest BCUT2D eigenvalue weighted by molar-refractivity contribution is 0.100. The lowest BCUT2D eigenvalue weighted by atomic mass is 10.1. The van der Waals surface area contributed by atoms with E-state index in [1.807, 2.05) is 31.2 Å². The molecule has 0 aliphatic heterocycles. The third kappa shape index (κ3) is 1.79. The number of nitrogens with zero attached hydrogens (tertiary/aromatic N) is 2. The Bertz CT molecular complexity index is 503. The lowest BCUT2D eigenvalue weighted by Gasteiger charge is -1.97. The molecule has 2 rings (SSSR count). The Labute approximate surface area is 86.9 Å². The van der Waals surface area contributed by atoms with Crippen molar-refractivity contribution in [1.82, 2.24) is 10.1 Å². The first-order chi connectivity index (χ1) is 7.18. The Morgan fingerprint density at radius 2 is 2.07 bits per heavy atom. The minimum Gasteiger partial charge on any atom is -0.333 e. The zero-order valence-corrected chi connectivity index (χ0v) is 8.52. The molecule has 1 heterocycles. The van der Waals surface area contributed by atoms with Crippen LogP contribution in [0.2, 0.25) is 0 Å². The van der Waals surface area contributed by atoms with Gasteiger partial charge in [-0.2, -0.15) is 4.98 Å². The van der Waals surface area contributed by atoms with Crippen LogP contribution < -0.4 is 0 Å². The molecule has 0 amide bonds. The summed E-state index contributed by atoms with van der Waals surface area (Å²) < 4.78 is 5.01. The van der Waals surface area contributed by atoms with Gasteiger partial charge in [0.05, 0.1) is 0 Å². The molecule has 0 spiro atoms. The first-order valence-corrected chi connectivity index (χ1v) is 4.59. The van der Waals surface area contributed by atoms with E-state index in [1.165, 1.54) is 6.92 Å². The molecule has 0 saturated heterocycles. The monoisotopic (exact) mass is 202 g/mol. The number of ketones is 1. The summed E-state index contributed by atoms with van der Waals surface area (Å²) in [7, 11) is 0. The van der Waals surface area contributed by atoms with Gasteiger partial charge in [0.25, 0.3) is 5.89 Å². The maximum absolute atomic E-state index is 11.0. The number of aryl methyl sites for hydroxylation is 1. The van der Waals surface area contributed by atoms with Crippen LogP contribution in [0.1, 0.15) is 23.1 Å². The predicted octanol–water partition coefficient (Wildman–Crippen LogP) is 2.25. The summed E-state index contributed by atoms with van der Waals surface area (Å²) in [5.41, 5.74) is 1.90. The summed E-state index contributed by atoms with van der Waals surface area (Å²) >= 11 is 0. The second-order valence-electron chi connectivity index (χ2n) is 3.29. The molecule has 1 aromatic carbocycles. The Kier molecular flexibility index (Phi) is 2.33. The van der Waals surface area contributed by atoms with Crippen molar-refractivity contribution < 1.29 is 9.32 Å². The van der Waals surface area contributed by atoms with Gasteiger partial charge in [-0.05, 0) is 18.6 Å². The number of Topliss-reactive ketones (excluding diaryl/α,β-unsaturated/α-hetero) is 1. The van der Waals surface area contributed by atoms with Gasteiger partial charge in [0.1, 0.15) is 0 Å². The van der Waals surface area contributed by atoms with Crippen LogP contribution in [-0.2, 0) is 0 Å². The van der Waals surface area contributed by atoms with E-state index in [1.54, 1.807) is 0 Å². The average molecular weight is 202 g/mol. The van der Waals surface area contributed by atoms with E-state index >= 15 is 0 Å². The molecule has 0 atom stereocenters. The number of carbonyl (C=O) groups is 1. The van der Waals surface area contributed by atoms with Crippen LogP contribution in [0.5, 0.6) is 0 Å². The minimum absolute atomic E-state index is 0.119. The first-order valence-electron chi connectivity index (χ1n) is 4.59. The average Bonchev–Trinajstić information content (AvgIpc) is 2.67. The smallest absolute Gasteiger partial charge is 0.258 e. The summed E-state index contributed by atoms with van der Waals surface area (Å²) in [4.78, 5) is 15.0. The molecule has 0 N–H and O–H groups in total. The summed E-state index contributed by atoms with van der Waals surface area (Å²) in [6.45, 7) is 3.36. The number of aromatic nitrogens is 2. The third-order valence-electron chi connectivity index (χ3n) is 2.12. The van der Waals surface area contributed by atoms with Crippen LogP contribution in [0.25, 0.3) is 11.5 Å². The largest absolute Gasteiger partial charge is 0.333 e. The Morgan fingerprint density at radius 1 is 1.33 bits per heavy atom. The SMILES string of the molecule is CC(=O)c1noc(-c2ccccc2C)n1. The molecule has 0 fully saturated rings. The van der Waals surface area contributed by atoms with Gasteiger partial charge in [0, 0.05) is 12.5 Å². The number of hydrogen-bond donors (Lipinski definition) is 0. The highest BCUT2D eigenvalue weighted by Crippen LogP contribution is 2.20.